The first-order valence-electron chi connectivity index (χ1n) is 6.84. The molecule has 0 radical (unpaired) electrons. The maximum absolute atomic E-state index is 12.8. The molecule has 1 atom stereocenters. The van der Waals surface area contributed by atoms with Crippen molar-refractivity contribution in [2.45, 2.75) is 32.6 Å². The molecule has 0 amide bonds. The van der Waals surface area contributed by atoms with Gasteiger partial charge in [-0.1, -0.05) is 19.9 Å². The molecule has 1 aromatic rings. The van der Waals surface area contributed by atoms with Crippen molar-refractivity contribution in [1.29, 1.82) is 5.26 Å². The molecule has 2 aliphatic rings. The summed E-state index contributed by atoms with van der Waals surface area (Å²) in [4.78, 5) is 13.8. The van der Waals surface area contributed by atoms with Gasteiger partial charge >= 0.3 is 0 Å². The number of nitriles is 1. The molecule has 0 unspecified atom stereocenters. The topological polar surface area (TPSA) is 76.1 Å². The van der Waals surface area contributed by atoms with Crippen molar-refractivity contribution in [3.63, 3.8) is 0 Å². The number of carbonyl (C=O) groups excluding carboxylic acids is 1. The van der Waals surface area contributed by atoms with Crippen LogP contribution in [0.3, 0.4) is 0 Å². The van der Waals surface area contributed by atoms with Crippen molar-refractivity contribution in [2.24, 2.45) is 11.1 Å². The first-order chi connectivity index (χ1) is 9.95. The lowest BCUT2D eigenvalue weighted by molar-refractivity contribution is -0.125. The van der Waals surface area contributed by atoms with Gasteiger partial charge in [0.25, 0.3) is 0 Å². The number of rotatable bonds is 1. The van der Waals surface area contributed by atoms with E-state index in [9.17, 15) is 10.1 Å². The van der Waals surface area contributed by atoms with Gasteiger partial charge in [0.2, 0.25) is 5.88 Å². The predicted octanol–water partition coefficient (Wildman–Crippen LogP) is 3.20. The normalized spacial score (nSPS) is 24.4. The third kappa shape index (κ3) is 2.07. The smallest absolute Gasteiger partial charge is 0.205 e. The monoisotopic (exact) mass is 300 g/mol. The summed E-state index contributed by atoms with van der Waals surface area (Å²) >= 11 is 1.53. The molecule has 4 nitrogen and oxygen atoms in total. The molecule has 5 heteroatoms. The highest BCUT2D eigenvalue weighted by Crippen LogP contribution is 2.48. The van der Waals surface area contributed by atoms with E-state index in [2.05, 4.69) is 6.07 Å². The van der Waals surface area contributed by atoms with Gasteiger partial charge in [0, 0.05) is 22.3 Å². The van der Waals surface area contributed by atoms with Gasteiger partial charge in [-0.25, -0.2) is 0 Å². The zero-order valence-electron chi connectivity index (χ0n) is 12.0. The summed E-state index contributed by atoms with van der Waals surface area (Å²) in [5.41, 5.74) is 6.42. The maximum atomic E-state index is 12.8. The van der Waals surface area contributed by atoms with Crippen LogP contribution in [0.4, 0.5) is 0 Å². The van der Waals surface area contributed by atoms with E-state index < -0.39 is 5.41 Å². The predicted molar refractivity (Wildman–Crippen MR) is 80.0 cm³/mol. The number of hydrogen-bond acceptors (Lipinski definition) is 5. The number of Topliss-reactive ketones (excluding diaryl/α,β-unsaturated/α-hetero) is 1. The quantitative estimate of drug-likeness (QED) is 0.864. The number of nitrogens with two attached hydrogens (primary N) is 1. The number of nitrogens with zero attached hydrogens (tertiary/aromatic N) is 1. The van der Waals surface area contributed by atoms with E-state index in [1.165, 1.54) is 11.3 Å². The third-order valence-electron chi connectivity index (χ3n) is 4.16. The van der Waals surface area contributed by atoms with Crippen LogP contribution >= 0.6 is 11.3 Å². The van der Waals surface area contributed by atoms with E-state index in [4.69, 9.17) is 10.5 Å². The molecule has 3 rings (SSSR count). The minimum absolute atomic E-state index is 0.0578. The summed E-state index contributed by atoms with van der Waals surface area (Å²) in [6, 6.07) is 5.97. The number of hydrogen-bond donors (Lipinski definition) is 1. The lowest BCUT2D eigenvalue weighted by Gasteiger charge is -2.36. The van der Waals surface area contributed by atoms with Gasteiger partial charge in [-0.2, -0.15) is 5.26 Å². The highest BCUT2D eigenvalue weighted by atomic mass is 32.1. The molecule has 0 saturated carbocycles. The van der Waals surface area contributed by atoms with Crippen molar-refractivity contribution < 1.29 is 9.53 Å². The molecule has 108 valence electrons. The molecule has 2 N–H and O–H groups in total. The number of carbonyl (C=O) groups is 1. The lowest BCUT2D eigenvalue weighted by Crippen LogP contribution is -2.36. The van der Waals surface area contributed by atoms with Crippen LogP contribution in [-0.2, 0) is 9.53 Å². The number of thiophene rings is 1. The lowest BCUT2D eigenvalue weighted by atomic mass is 9.70. The Hall–Kier alpha value is -2.06. The van der Waals surface area contributed by atoms with E-state index in [1.807, 2.05) is 31.4 Å². The highest BCUT2D eigenvalue weighted by Gasteiger charge is 2.45. The maximum Gasteiger partial charge on any atom is 0.205 e. The Morgan fingerprint density at radius 3 is 2.90 bits per heavy atom. The summed E-state index contributed by atoms with van der Waals surface area (Å²) in [7, 11) is 0. The Bertz CT molecular complexity index is 705. The molecule has 0 fully saturated rings. The fraction of sp³-hybridized carbons (Fsp3) is 0.375. The Balaban J connectivity index is 2.19. The number of allylic oxidation sites excluding steroid dienone is 3. The molecular formula is C16H16N2O2S. The van der Waals surface area contributed by atoms with E-state index in [1.54, 1.807) is 0 Å². The van der Waals surface area contributed by atoms with E-state index in [0.29, 0.717) is 23.3 Å². The number of ketones is 1. The second-order valence-electron chi connectivity index (χ2n) is 5.99. The van der Waals surface area contributed by atoms with Crippen molar-refractivity contribution in [3.8, 4) is 6.07 Å². The highest BCUT2D eigenvalue weighted by molar-refractivity contribution is 7.10. The molecule has 1 aliphatic heterocycles. The molecule has 1 aromatic heterocycles. The summed E-state index contributed by atoms with van der Waals surface area (Å²) in [5.74, 6) is 0.435. The van der Waals surface area contributed by atoms with Crippen LogP contribution in [0.5, 0.6) is 0 Å². The van der Waals surface area contributed by atoms with E-state index in [0.717, 1.165) is 11.3 Å². The average molecular weight is 300 g/mol. The van der Waals surface area contributed by atoms with Crippen LogP contribution in [0, 0.1) is 16.7 Å². The summed E-state index contributed by atoms with van der Waals surface area (Å²) in [6.45, 7) is 3.89. The zero-order chi connectivity index (χ0) is 15.2. The summed E-state index contributed by atoms with van der Waals surface area (Å²) in [6.07, 6.45) is 1.41. The Kier molecular flexibility index (Phi) is 3.14. The van der Waals surface area contributed by atoms with E-state index >= 15 is 0 Å². The van der Waals surface area contributed by atoms with Crippen molar-refractivity contribution in [3.05, 3.63) is 45.2 Å². The fourth-order valence-electron chi connectivity index (χ4n) is 2.90. The Labute approximate surface area is 127 Å². The van der Waals surface area contributed by atoms with Crippen molar-refractivity contribution in [2.75, 3.05) is 0 Å². The second-order valence-corrected chi connectivity index (χ2v) is 6.97. The molecule has 1 aliphatic carbocycles. The first kappa shape index (κ1) is 13.9. The van der Waals surface area contributed by atoms with Crippen molar-refractivity contribution in [1.82, 2.24) is 0 Å². The molecular weight excluding hydrogens is 284 g/mol. The van der Waals surface area contributed by atoms with Gasteiger partial charge in [0.15, 0.2) is 5.78 Å². The minimum Gasteiger partial charge on any atom is -0.444 e. The van der Waals surface area contributed by atoms with Crippen LogP contribution in [-0.4, -0.2) is 5.78 Å². The summed E-state index contributed by atoms with van der Waals surface area (Å²) in [5, 5.41) is 11.4. The molecule has 0 saturated heterocycles. The summed E-state index contributed by atoms with van der Waals surface area (Å²) < 4.78 is 5.58. The fourth-order valence-corrected chi connectivity index (χ4v) is 3.74. The molecule has 2 heterocycles. The van der Waals surface area contributed by atoms with Crippen LogP contribution < -0.4 is 5.73 Å². The van der Waals surface area contributed by atoms with Gasteiger partial charge in [-0.15, -0.1) is 11.3 Å². The van der Waals surface area contributed by atoms with Gasteiger partial charge in [-0.3, -0.25) is 4.79 Å². The zero-order valence-corrected chi connectivity index (χ0v) is 12.8. The average Bonchev–Trinajstić information content (AvgIpc) is 2.96. The third-order valence-corrected chi connectivity index (χ3v) is 5.10. The van der Waals surface area contributed by atoms with Gasteiger partial charge < -0.3 is 10.5 Å². The molecule has 0 bridgehead atoms. The van der Waals surface area contributed by atoms with E-state index in [-0.39, 0.29) is 17.6 Å². The molecule has 0 aromatic carbocycles. The minimum atomic E-state index is -0.426. The SMILES string of the molecule is CC1(C)CCC2=C(C1=O)[C@H](c1cccs1)C(C#N)=C(N)O2. The van der Waals surface area contributed by atoms with Crippen molar-refractivity contribution >= 4 is 17.1 Å². The number of ether oxygens (including phenoxy) is 1. The van der Waals surface area contributed by atoms with Gasteiger partial charge in [0.1, 0.15) is 17.4 Å². The molecule has 0 spiro atoms. The van der Waals surface area contributed by atoms with Crippen LogP contribution in [0.2, 0.25) is 0 Å². The largest absolute Gasteiger partial charge is 0.444 e. The van der Waals surface area contributed by atoms with Crippen LogP contribution in [0.15, 0.2) is 40.3 Å². The second kappa shape index (κ2) is 4.74. The Morgan fingerprint density at radius 2 is 2.29 bits per heavy atom. The van der Waals surface area contributed by atoms with Crippen LogP contribution in [0.1, 0.15) is 37.5 Å². The van der Waals surface area contributed by atoms with Gasteiger partial charge in [0.05, 0.1) is 5.92 Å². The van der Waals surface area contributed by atoms with Gasteiger partial charge in [-0.05, 0) is 17.9 Å². The van der Waals surface area contributed by atoms with Crippen LogP contribution in [0.25, 0.3) is 0 Å². The standard InChI is InChI=1S/C16H16N2O2S/c1-16(2)6-5-10-13(14(16)19)12(11-4-3-7-21-11)9(8-17)15(18)20-10/h3-4,7,12H,5-6,18H2,1-2H3/t12-/m0/s1. The Morgan fingerprint density at radius 1 is 1.52 bits per heavy atom. The molecule has 21 heavy (non-hydrogen) atoms. The first-order valence-corrected chi connectivity index (χ1v) is 7.72.